The van der Waals surface area contributed by atoms with Crippen LogP contribution in [0.2, 0.25) is 0 Å². The van der Waals surface area contributed by atoms with E-state index >= 15 is 0 Å². The SMILES string of the molecule is CN=C/C(=C\N)c1c[c-]c(C(C)C)cn1.[Y]. The summed E-state index contributed by atoms with van der Waals surface area (Å²) in [6.07, 6.45) is 5.01. The van der Waals surface area contributed by atoms with E-state index in [4.69, 9.17) is 5.73 Å². The number of rotatable bonds is 3. The third-order valence-electron chi connectivity index (χ3n) is 2.08. The Kier molecular flexibility index (Phi) is 7.43. The predicted octanol–water partition coefficient (Wildman–Crippen LogP) is 2.00. The smallest absolute Gasteiger partial charge is 0.0276 e. The van der Waals surface area contributed by atoms with Gasteiger partial charge in [-0.2, -0.15) is 12.1 Å². The van der Waals surface area contributed by atoms with Crippen LogP contribution >= 0.6 is 0 Å². The van der Waals surface area contributed by atoms with Crippen LogP contribution in [0.1, 0.15) is 31.0 Å². The van der Waals surface area contributed by atoms with Gasteiger partial charge in [0, 0.05) is 46.0 Å². The molecule has 4 heteroatoms. The molecule has 3 nitrogen and oxygen atoms in total. The van der Waals surface area contributed by atoms with Crippen molar-refractivity contribution in [2.75, 3.05) is 7.05 Å². The Morgan fingerprint density at radius 3 is 2.62 bits per heavy atom. The fourth-order valence-corrected chi connectivity index (χ4v) is 1.17. The molecule has 0 unspecified atom stereocenters. The van der Waals surface area contributed by atoms with Gasteiger partial charge in [0.1, 0.15) is 0 Å². The number of aliphatic imine (C=N–C) groups is 1. The zero-order valence-corrected chi connectivity index (χ0v) is 12.8. The van der Waals surface area contributed by atoms with Gasteiger partial charge in [0.05, 0.1) is 0 Å². The van der Waals surface area contributed by atoms with Crippen LogP contribution in [-0.2, 0) is 32.7 Å². The molecule has 0 atom stereocenters. The molecule has 0 spiro atoms. The van der Waals surface area contributed by atoms with Crippen LogP contribution in [-0.4, -0.2) is 18.2 Å². The molecule has 1 aromatic heterocycles. The number of pyridine rings is 1. The summed E-state index contributed by atoms with van der Waals surface area (Å²) in [4.78, 5) is 8.23. The molecule has 1 aromatic rings. The van der Waals surface area contributed by atoms with E-state index in [-0.39, 0.29) is 32.7 Å². The van der Waals surface area contributed by atoms with Crippen molar-refractivity contribution in [2.45, 2.75) is 19.8 Å². The molecule has 1 radical (unpaired) electrons. The van der Waals surface area contributed by atoms with Crippen LogP contribution in [0.4, 0.5) is 0 Å². The monoisotopic (exact) mass is 291 g/mol. The first-order chi connectivity index (χ1) is 7.19. The molecule has 0 saturated heterocycles. The van der Waals surface area contributed by atoms with Gasteiger partial charge in [0.15, 0.2) is 0 Å². The van der Waals surface area contributed by atoms with Crippen molar-refractivity contribution in [3.8, 4) is 0 Å². The van der Waals surface area contributed by atoms with Crippen LogP contribution < -0.4 is 5.73 Å². The summed E-state index contributed by atoms with van der Waals surface area (Å²) in [6.45, 7) is 4.22. The Hall–Kier alpha value is -0.536. The van der Waals surface area contributed by atoms with Gasteiger partial charge in [-0.05, 0) is 23.4 Å². The Labute approximate surface area is 122 Å². The first-order valence-electron chi connectivity index (χ1n) is 4.91. The summed E-state index contributed by atoms with van der Waals surface area (Å²) in [5, 5.41) is 0. The summed E-state index contributed by atoms with van der Waals surface area (Å²) in [5.74, 6) is 0.441. The van der Waals surface area contributed by atoms with Crippen LogP contribution in [0, 0.1) is 6.07 Å². The van der Waals surface area contributed by atoms with Gasteiger partial charge in [-0.15, -0.1) is 5.56 Å². The molecule has 0 aliphatic carbocycles. The second-order valence-corrected chi connectivity index (χ2v) is 3.55. The summed E-state index contributed by atoms with van der Waals surface area (Å²) >= 11 is 0. The molecule has 16 heavy (non-hydrogen) atoms. The zero-order chi connectivity index (χ0) is 11.3. The van der Waals surface area contributed by atoms with Crippen molar-refractivity contribution in [1.29, 1.82) is 0 Å². The second kappa shape index (κ2) is 7.69. The van der Waals surface area contributed by atoms with Crippen LogP contribution in [0.5, 0.6) is 0 Å². The molecular weight excluding hydrogens is 275 g/mol. The van der Waals surface area contributed by atoms with Crippen molar-refractivity contribution >= 4 is 11.8 Å². The van der Waals surface area contributed by atoms with Gasteiger partial charge in [-0.1, -0.05) is 20.0 Å². The number of hydrogen-bond acceptors (Lipinski definition) is 3. The van der Waals surface area contributed by atoms with Crippen molar-refractivity contribution in [2.24, 2.45) is 10.7 Å². The minimum absolute atomic E-state index is 0. The molecule has 2 N–H and O–H groups in total. The van der Waals surface area contributed by atoms with E-state index in [2.05, 4.69) is 29.9 Å². The number of hydrogen-bond donors (Lipinski definition) is 1. The third kappa shape index (κ3) is 4.14. The maximum absolute atomic E-state index is 5.48. The molecule has 0 saturated carbocycles. The largest absolute Gasteiger partial charge is 0.405 e. The van der Waals surface area contributed by atoms with Crippen molar-refractivity contribution in [1.82, 2.24) is 4.98 Å². The summed E-state index contributed by atoms with van der Waals surface area (Å²) < 4.78 is 0. The fraction of sp³-hybridized carbons (Fsp3) is 0.333. The van der Waals surface area contributed by atoms with E-state index in [1.807, 2.05) is 12.3 Å². The number of nitrogens with two attached hydrogens (primary N) is 1. The standard InChI is InChI=1S/C12H16N3.Y/c1-9(2)10-4-5-12(15-8-10)11(6-13)7-14-3;/h5-9H,13H2,1-3H3;/q-1;/b11-6+,14-7?;. The molecular formula is C12H16N3Y-. The molecule has 1 rings (SSSR count). The average molecular weight is 291 g/mol. The predicted molar refractivity (Wildman–Crippen MR) is 63.7 cm³/mol. The first-order valence-corrected chi connectivity index (χ1v) is 4.91. The van der Waals surface area contributed by atoms with Gasteiger partial charge in [-0.25, -0.2) is 0 Å². The van der Waals surface area contributed by atoms with E-state index in [9.17, 15) is 0 Å². The molecule has 0 aromatic carbocycles. The van der Waals surface area contributed by atoms with Crippen LogP contribution in [0.3, 0.4) is 0 Å². The molecule has 0 bridgehead atoms. The van der Waals surface area contributed by atoms with E-state index in [1.54, 1.807) is 13.3 Å². The minimum atomic E-state index is 0. The molecule has 0 fully saturated rings. The molecule has 1 heterocycles. The summed E-state index contributed by atoms with van der Waals surface area (Å²) in [6, 6.07) is 5.03. The van der Waals surface area contributed by atoms with Gasteiger partial charge in [-0.3, -0.25) is 4.99 Å². The Balaban J connectivity index is 0.00000225. The van der Waals surface area contributed by atoms with E-state index in [1.165, 1.54) is 6.20 Å². The summed E-state index contributed by atoms with van der Waals surface area (Å²) in [7, 11) is 1.70. The summed E-state index contributed by atoms with van der Waals surface area (Å²) in [5.41, 5.74) is 8.19. The van der Waals surface area contributed by atoms with E-state index < -0.39 is 0 Å². The fourth-order valence-electron chi connectivity index (χ4n) is 1.17. The van der Waals surface area contributed by atoms with Crippen molar-refractivity contribution < 1.29 is 32.7 Å². The van der Waals surface area contributed by atoms with E-state index in [0.717, 1.165) is 16.8 Å². The average Bonchev–Trinajstić information content (AvgIpc) is 2.26. The molecule has 83 valence electrons. The van der Waals surface area contributed by atoms with Gasteiger partial charge in [0.25, 0.3) is 0 Å². The Morgan fingerprint density at radius 1 is 1.56 bits per heavy atom. The van der Waals surface area contributed by atoms with E-state index in [0.29, 0.717) is 5.92 Å². The Bertz CT molecular complexity index is 366. The maximum Gasteiger partial charge on any atom is 0.0276 e. The number of aromatic nitrogens is 1. The van der Waals surface area contributed by atoms with Crippen molar-refractivity contribution in [3.63, 3.8) is 0 Å². The maximum atomic E-state index is 5.48. The first kappa shape index (κ1) is 15.5. The van der Waals surface area contributed by atoms with Crippen molar-refractivity contribution in [3.05, 3.63) is 35.8 Å². The molecule has 0 amide bonds. The van der Waals surface area contributed by atoms with Crippen LogP contribution in [0.25, 0.3) is 5.57 Å². The van der Waals surface area contributed by atoms with Gasteiger partial charge < -0.3 is 10.7 Å². The normalized spacial score (nSPS) is 11.9. The molecule has 0 aliphatic rings. The Morgan fingerprint density at radius 2 is 2.25 bits per heavy atom. The molecule has 0 aliphatic heterocycles. The third-order valence-corrected chi connectivity index (χ3v) is 2.08. The van der Waals surface area contributed by atoms with Gasteiger partial charge in [0.2, 0.25) is 0 Å². The second-order valence-electron chi connectivity index (χ2n) is 3.55. The number of nitrogens with zero attached hydrogens (tertiary/aromatic N) is 2. The quantitative estimate of drug-likeness (QED) is 0.684. The zero-order valence-electron chi connectivity index (χ0n) is 9.94. The number of allylic oxidation sites excluding steroid dienone is 1. The minimum Gasteiger partial charge on any atom is -0.405 e. The van der Waals surface area contributed by atoms with Gasteiger partial charge >= 0.3 is 0 Å². The topological polar surface area (TPSA) is 51.3 Å². The van der Waals surface area contributed by atoms with Crippen LogP contribution in [0.15, 0.2) is 23.5 Å².